The number of carbonyl (C=O) groups is 1. The second-order valence-electron chi connectivity index (χ2n) is 4.70. The second kappa shape index (κ2) is 6.57. The van der Waals surface area contributed by atoms with E-state index in [2.05, 4.69) is 21.2 Å². The lowest BCUT2D eigenvalue weighted by atomic mass is 10.2. The highest BCUT2D eigenvalue weighted by atomic mass is 79.9. The summed E-state index contributed by atoms with van der Waals surface area (Å²) in [6.45, 7) is 2.29. The van der Waals surface area contributed by atoms with E-state index in [1.54, 1.807) is 0 Å². The standard InChI is InChI=1S/C16H17BrN2O/c1-12-10-13(17)8-9-15(12)18-16(20)11-19(2)14-6-4-3-5-7-14/h3-10H,11H2,1-2H3,(H,18,20). The van der Waals surface area contributed by atoms with Gasteiger partial charge in [0.1, 0.15) is 0 Å². The molecule has 1 N–H and O–H groups in total. The number of benzene rings is 2. The van der Waals surface area contributed by atoms with Crippen molar-refractivity contribution in [2.75, 3.05) is 23.8 Å². The second-order valence-corrected chi connectivity index (χ2v) is 5.61. The number of halogens is 1. The third-order valence-corrected chi connectivity index (χ3v) is 3.53. The number of aryl methyl sites for hydroxylation is 1. The molecule has 104 valence electrons. The van der Waals surface area contributed by atoms with E-state index in [4.69, 9.17) is 0 Å². The molecule has 0 bridgehead atoms. The summed E-state index contributed by atoms with van der Waals surface area (Å²) in [6.07, 6.45) is 0. The van der Waals surface area contributed by atoms with Crippen LogP contribution in [0.4, 0.5) is 11.4 Å². The Balaban J connectivity index is 1.99. The number of nitrogens with zero attached hydrogens (tertiary/aromatic N) is 1. The molecule has 0 spiro atoms. The van der Waals surface area contributed by atoms with Crippen LogP contribution in [0.1, 0.15) is 5.56 Å². The first kappa shape index (κ1) is 14.6. The highest BCUT2D eigenvalue weighted by Gasteiger charge is 2.08. The zero-order valence-corrected chi connectivity index (χ0v) is 13.1. The average Bonchev–Trinajstić information content (AvgIpc) is 2.43. The van der Waals surface area contributed by atoms with Gasteiger partial charge in [-0.3, -0.25) is 4.79 Å². The molecule has 0 aliphatic heterocycles. The molecule has 0 atom stereocenters. The smallest absolute Gasteiger partial charge is 0.243 e. The Kier molecular flexibility index (Phi) is 4.79. The first-order chi connectivity index (χ1) is 9.56. The minimum atomic E-state index is -0.0261. The Bertz CT molecular complexity index is 599. The predicted molar refractivity (Wildman–Crippen MR) is 87.2 cm³/mol. The highest BCUT2D eigenvalue weighted by Crippen LogP contribution is 2.20. The monoisotopic (exact) mass is 332 g/mol. The van der Waals surface area contributed by atoms with Gasteiger partial charge < -0.3 is 10.2 Å². The lowest BCUT2D eigenvalue weighted by molar-refractivity contribution is -0.114. The molecule has 4 heteroatoms. The summed E-state index contributed by atoms with van der Waals surface area (Å²) in [4.78, 5) is 14.0. The topological polar surface area (TPSA) is 32.3 Å². The van der Waals surface area contributed by atoms with Crippen LogP contribution in [-0.4, -0.2) is 19.5 Å². The zero-order chi connectivity index (χ0) is 14.5. The van der Waals surface area contributed by atoms with Crippen LogP contribution in [0.15, 0.2) is 53.0 Å². The van der Waals surface area contributed by atoms with Crippen molar-refractivity contribution >= 4 is 33.2 Å². The van der Waals surface area contributed by atoms with Gasteiger partial charge in [-0.15, -0.1) is 0 Å². The fraction of sp³-hybridized carbons (Fsp3) is 0.188. The van der Waals surface area contributed by atoms with Gasteiger partial charge in [-0.25, -0.2) is 0 Å². The summed E-state index contributed by atoms with van der Waals surface area (Å²) in [5, 5.41) is 2.94. The van der Waals surface area contributed by atoms with E-state index in [1.165, 1.54) is 0 Å². The van der Waals surface area contributed by atoms with E-state index < -0.39 is 0 Å². The number of hydrogen-bond acceptors (Lipinski definition) is 2. The molecule has 0 heterocycles. The van der Waals surface area contributed by atoms with E-state index in [0.717, 1.165) is 21.4 Å². The van der Waals surface area contributed by atoms with Crippen LogP contribution in [0.2, 0.25) is 0 Å². The number of anilines is 2. The highest BCUT2D eigenvalue weighted by molar-refractivity contribution is 9.10. The molecule has 0 aliphatic carbocycles. The van der Waals surface area contributed by atoms with Gasteiger partial charge in [0.05, 0.1) is 6.54 Å². The summed E-state index contributed by atoms with van der Waals surface area (Å²) in [5.74, 6) is -0.0261. The largest absolute Gasteiger partial charge is 0.365 e. The van der Waals surface area contributed by atoms with E-state index in [1.807, 2.05) is 67.4 Å². The molecule has 0 radical (unpaired) electrons. The minimum absolute atomic E-state index is 0.0261. The van der Waals surface area contributed by atoms with Crippen molar-refractivity contribution in [2.45, 2.75) is 6.92 Å². The van der Waals surface area contributed by atoms with Crippen LogP contribution in [0, 0.1) is 6.92 Å². The van der Waals surface area contributed by atoms with Crippen LogP contribution in [0.3, 0.4) is 0 Å². The van der Waals surface area contributed by atoms with E-state index in [-0.39, 0.29) is 5.91 Å². The average molecular weight is 333 g/mol. The van der Waals surface area contributed by atoms with Crippen molar-refractivity contribution in [1.29, 1.82) is 0 Å². The van der Waals surface area contributed by atoms with E-state index >= 15 is 0 Å². The fourth-order valence-electron chi connectivity index (χ4n) is 1.95. The Morgan fingerprint density at radius 3 is 2.55 bits per heavy atom. The van der Waals surface area contributed by atoms with E-state index in [9.17, 15) is 4.79 Å². The third kappa shape index (κ3) is 3.84. The van der Waals surface area contributed by atoms with Crippen molar-refractivity contribution in [2.24, 2.45) is 0 Å². The lowest BCUT2D eigenvalue weighted by Gasteiger charge is -2.19. The first-order valence-corrected chi connectivity index (χ1v) is 7.18. The molecule has 0 unspecified atom stereocenters. The number of hydrogen-bond donors (Lipinski definition) is 1. The fourth-order valence-corrected chi connectivity index (χ4v) is 2.42. The van der Waals surface area contributed by atoms with Gasteiger partial charge >= 0.3 is 0 Å². The number of carbonyl (C=O) groups excluding carboxylic acids is 1. The summed E-state index contributed by atoms with van der Waals surface area (Å²) >= 11 is 3.41. The molecule has 20 heavy (non-hydrogen) atoms. The Hall–Kier alpha value is -1.81. The molecule has 0 aliphatic rings. The maximum absolute atomic E-state index is 12.1. The van der Waals surface area contributed by atoms with Gasteiger partial charge in [-0.1, -0.05) is 34.1 Å². The SMILES string of the molecule is Cc1cc(Br)ccc1NC(=O)CN(C)c1ccccc1. The van der Waals surface area contributed by atoms with Crippen LogP contribution < -0.4 is 10.2 Å². The van der Waals surface area contributed by atoms with Crippen LogP contribution in [0.25, 0.3) is 0 Å². The van der Waals surface area contributed by atoms with Crippen molar-refractivity contribution in [1.82, 2.24) is 0 Å². The van der Waals surface area contributed by atoms with Gasteiger partial charge in [-0.2, -0.15) is 0 Å². The summed E-state index contributed by atoms with van der Waals surface area (Å²) in [6, 6.07) is 15.7. The quantitative estimate of drug-likeness (QED) is 0.922. The first-order valence-electron chi connectivity index (χ1n) is 6.38. The summed E-state index contributed by atoms with van der Waals surface area (Å²) < 4.78 is 1.01. The van der Waals surface area contributed by atoms with Crippen molar-refractivity contribution in [3.8, 4) is 0 Å². The molecule has 0 aromatic heterocycles. The van der Waals surface area contributed by atoms with Crippen LogP contribution in [0.5, 0.6) is 0 Å². The molecule has 0 saturated carbocycles. The number of para-hydroxylation sites is 1. The van der Waals surface area contributed by atoms with Gasteiger partial charge in [0.25, 0.3) is 0 Å². The minimum Gasteiger partial charge on any atom is -0.365 e. The van der Waals surface area contributed by atoms with Crippen molar-refractivity contribution in [3.05, 3.63) is 58.6 Å². The molecule has 1 amide bonds. The Morgan fingerprint density at radius 1 is 1.20 bits per heavy atom. The van der Waals surface area contributed by atoms with Crippen LogP contribution in [-0.2, 0) is 4.79 Å². The van der Waals surface area contributed by atoms with Crippen molar-refractivity contribution in [3.63, 3.8) is 0 Å². The molecule has 0 saturated heterocycles. The van der Waals surface area contributed by atoms with E-state index in [0.29, 0.717) is 6.54 Å². The number of likely N-dealkylation sites (N-methyl/N-ethyl adjacent to an activating group) is 1. The lowest BCUT2D eigenvalue weighted by Crippen LogP contribution is -2.30. The number of amides is 1. The Morgan fingerprint density at radius 2 is 1.90 bits per heavy atom. The zero-order valence-electron chi connectivity index (χ0n) is 11.6. The molecular formula is C16H17BrN2O. The molecule has 3 nitrogen and oxygen atoms in total. The Labute approximate surface area is 127 Å². The maximum Gasteiger partial charge on any atom is 0.243 e. The van der Waals surface area contributed by atoms with Gasteiger partial charge in [0.2, 0.25) is 5.91 Å². The normalized spacial score (nSPS) is 10.2. The summed E-state index contributed by atoms with van der Waals surface area (Å²) in [7, 11) is 1.91. The van der Waals surface area contributed by atoms with Crippen LogP contribution >= 0.6 is 15.9 Å². The summed E-state index contributed by atoms with van der Waals surface area (Å²) in [5.41, 5.74) is 2.91. The van der Waals surface area contributed by atoms with Gasteiger partial charge in [-0.05, 0) is 42.8 Å². The predicted octanol–water partition coefficient (Wildman–Crippen LogP) is 3.83. The number of rotatable bonds is 4. The van der Waals surface area contributed by atoms with Crippen molar-refractivity contribution < 1.29 is 4.79 Å². The van der Waals surface area contributed by atoms with Gasteiger partial charge in [0.15, 0.2) is 0 Å². The maximum atomic E-state index is 12.1. The third-order valence-electron chi connectivity index (χ3n) is 3.04. The number of nitrogens with one attached hydrogen (secondary N) is 1. The molecule has 2 aromatic carbocycles. The van der Waals surface area contributed by atoms with Gasteiger partial charge in [0, 0.05) is 22.9 Å². The molecular weight excluding hydrogens is 316 g/mol. The molecule has 2 rings (SSSR count). The molecule has 0 fully saturated rings. The molecule has 2 aromatic rings.